The summed E-state index contributed by atoms with van der Waals surface area (Å²) < 4.78 is 25.1. The molecule has 2 aromatic rings. The van der Waals surface area contributed by atoms with Gasteiger partial charge in [-0.15, -0.1) is 0 Å². The zero-order valence-corrected chi connectivity index (χ0v) is 10.8. The number of nitrogens with two attached hydrogens (primary N) is 1. The number of anilines is 1. The van der Waals surface area contributed by atoms with E-state index in [4.69, 9.17) is 5.73 Å². The van der Waals surface area contributed by atoms with E-state index < -0.39 is 10.8 Å². The Morgan fingerprint density at radius 1 is 1.17 bits per heavy atom. The molecule has 0 aliphatic carbocycles. The van der Waals surface area contributed by atoms with Crippen LogP contribution in [0.1, 0.15) is 11.1 Å². The number of rotatable bonds is 3. The van der Waals surface area contributed by atoms with Crippen molar-refractivity contribution in [2.24, 2.45) is 0 Å². The summed E-state index contributed by atoms with van der Waals surface area (Å²) in [7, 11) is -1.14. The lowest BCUT2D eigenvalue weighted by molar-refractivity contribution is 0.626. The summed E-state index contributed by atoms with van der Waals surface area (Å²) in [4.78, 5) is 0.730. The molecule has 1 unspecified atom stereocenters. The Morgan fingerprint density at radius 2 is 1.83 bits per heavy atom. The van der Waals surface area contributed by atoms with Crippen LogP contribution in [-0.2, 0) is 16.6 Å². The molecule has 0 saturated heterocycles. The third-order valence-corrected chi connectivity index (χ3v) is 4.11. The second-order valence-corrected chi connectivity index (χ2v) is 5.58. The van der Waals surface area contributed by atoms with Gasteiger partial charge in [-0.3, -0.25) is 4.21 Å². The maximum Gasteiger partial charge on any atom is 0.123 e. The lowest BCUT2D eigenvalue weighted by Gasteiger charge is -2.06. The molecular weight excluding hydrogens is 249 g/mol. The van der Waals surface area contributed by atoms with Crippen molar-refractivity contribution in [3.63, 3.8) is 0 Å². The second-order valence-electron chi connectivity index (χ2n) is 4.13. The van der Waals surface area contributed by atoms with Crippen molar-refractivity contribution in [2.75, 3.05) is 5.73 Å². The lowest BCUT2D eigenvalue weighted by atomic mass is 10.1. The fraction of sp³-hybridized carbons (Fsp3) is 0.143. The average Bonchev–Trinajstić information content (AvgIpc) is 2.33. The molecule has 0 bridgehead atoms. The summed E-state index contributed by atoms with van der Waals surface area (Å²) in [5.41, 5.74) is 7.94. The molecule has 1 atom stereocenters. The molecule has 0 aliphatic rings. The van der Waals surface area contributed by atoms with E-state index in [1.807, 2.05) is 6.92 Å². The predicted octanol–water partition coefficient (Wildman–Crippen LogP) is 3.02. The molecule has 2 rings (SSSR count). The van der Waals surface area contributed by atoms with Crippen LogP contribution in [0, 0.1) is 12.7 Å². The van der Waals surface area contributed by atoms with E-state index in [-0.39, 0.29) is 5.82 Å². The van der Waals surface area contributed by atoms with Crippen molar-refractivity contribution in [1.82, 2.24) is 0 Å². The van der Waals surface area contributed by atoms with Crippen LogP contribution in [0.4, 0.5) is 10.1 Å². The van der Waals surface area contributed by atoms with Crippen molar-refractivity contribution in [1.29, 1.82) is 0 Å². The average molecular weight is 263 g/mol. The van der Waals surface area contributed by atoms with Crippen LogP contribution in [0.15, 0.2) is 47.4 Å². The minimum absolute atomic E-state index is 0.269. The third kappa shape index (κ3) is 2.96. The number of aryl methyl sites for hydroxylation is 1. The molecular formula is C14H14FNOS. The topological polar surface area (TPSA) is 43.1 Å². The summed E-state index contributed by atoms with van der Waals surface area (Å²) >= 11 is 0. The van der Waals surface area contributed by atoms with Gasteiger partial charge < -0.3 is 5.73 Å². The molecule has 94 valence electrons. The first kappa shape index (κ1) is 12.8. The van der Waals surface area contributed by atoms with Crippen LogP contribution < -0.4 is 5.73 Å². The molecule has 0 spiro atoms. The summed E-state index contributed by atoms with van der Waals surface area (Å²) in [5, 5.41) is 0. The highest BCUT2D eigenvalue weighted by Gasteiger charge is 2.07. The van der Waals surface area contributed by atoms with Gasteiger partial charge in [0.25, 0.3) is 0 Å². The number of halogens is 1. The zero-order chi connectivity index (χ0) is 13.1. The van der Waals surface area contributed by atoms with E-state index in [2.05, 4.69) is 0 Å². The Labute approximate surface area is 108 Å². The first-order valence-corrected chi connectivity index (χ1v) is 6.87. The van der Waals surface area contributed by atoms with Crippen molar-refractivity contribution in [2.45, 2.75) is 17.6 Å². The van der Waals surface area contributed by atoms with Gasteiger partial charge in [0.1, 0.15) is 5.82 Å². The van der Waals surface area contributed by atoms with Crippen molar-refractivity contribution in [3.8, 4) is 0 Å². The van der Waals surface area contributed by atoms with Gasteiger partial charge in [-0.1, -0.05) is 6.07 Å². The predicted molar refractivity (Wildman–Crippen MR) is 72.1 cm³/mol. The number of hydrogen-bond donors (Lipinski definition) is 1. The van der Waals surface area contributed by atoms with Crippen LogP contribution >= 0.6 is 0 Å². The Balaban J connectivity index is 2.18. The molecule has 4 heteroatoms. The maximum absolute atomic E-state index is 13.0. The van der Waals surface area contributed by atoms with Crippen LogP contribution in [0.2, 0.25) is 0 Å². The van der Waals surface area contributed by atoms with E-state index in [0.717, 1.165) is 16.0 Å². The Bertz CT molecular complexity index is 581. The normalized spacial score (nSPS) is 12.3. The molecule has 0 saturated carbocycles. The van der Waals surface area contributed by atoms with Crippen molar-refractivity contribution < 1.29 is 8.60 Å². The van der Waals surface area contributed by atoms with E-state index >= 15 is 0 Å². The standard InChI is InChI=1S/C14H14FNOS/c1-10-8-12(15)3-2-11(10)9-18(17)14-6-4-13(16)5-7-14/h2-8H,9,16H2,1H3. The first-order chi connectivity index (χ1) is 8.56. The summed E-state index contributed by atoms with van der Waals surface area (Å²) in [6.45, 7) is 1.82. The first-order valence-electron chi connectivity index (χ1n) is 5.55. The second kappa shape index (κ2) is 5.31. The van der Waals surface area contributed by atoms with Crippen molar-refractivity contribution >= 4 is 16.5 Å². The fourth-order valence-corrected chi connectivity index (χ4v) is 2.88. The number of hydrogen-bond acceptors (Lipinski definition) is 2. The highest BCUT2D eigenvalue weighted by atomic mass is 32.2. The molecule has 0 heterocycles. The molecule has 18 heavy (non-hydrogen) atoms. The van der Waals surface area contributed by atoms with Gasteiger partial charge in [0.15, 0.2) is 0 Å². The Morgan fingerprint density at radius 3 is 2.44 bits per heavy atom. The summed E-state index contributed by atoms with van der Waals surface area (Å²) in [6, 6.07) is 11.5. The highest BCUT2D eigenvalue weighted by molar-refractivity contribution is 7.84. The SMILES string of the molecule is Cc1cc(F)ccc1CS(=O)c1ccc(N)cc1. The number of benzene rings is 2. The largest absolute Gasteiger partial charge is 0.399 e. The van der Waals surface area contributed by atoms with E-state index in [9.17, 15) is 8.60 Å². The van der Waals surface area contributed by atoms with Crippen molar-refractivity contribution in [3.05, 3.63) is 59.4 Å². The van der Waals surface area contributed by atoms with E-state index in [1.54, 1.807) is 30.3 Å². The molecule has 0 fully saturated rings. The third-order valence-electron chi connectivity index (χ3n) is 2.73. The van der Waals surface area contributed by atoms with Gasteiger partial charge in [0, 0.05) is 10.6 Å². The minimum atomic E-state index is -1.14. The molecule has 2 N–H and O–H groups in total. The maximum atomic E-state index is 13.0. The Kier molecular flexibility index (Phi) is 3.77. The summed E-state index contributed by atoms with van der Waals surface area (Å²) in [5.74, 6) is 0.116. The molecule has 2 aromatic carbocycles. The highest BCUT2D eigenvalue weighted by Crippen LogP contribution is 2.17. The van der Waals surface area contributed by atoms with Crippen LogP contribution in [0.25, 0.3) is 0 Å². The molecule has 0 amide bonds. The smallest absolute Gasteiger partial charge is 0.123 e. The number of nitrogen functional groups attached to an aromatic ring is 1. The van der Waals surface area contributed by atoms with Crippen LogP contribution in [0.5, 0.6) is 0 Å². The minimum Gasteiger partial charge on any atom is -0.399 e. The van der Waals surface area contributed by atoms with Gasteiger partial charge in [-0.25, -0.2) is 4.39 Å². The van der Waals surface area contributed by atoms with Gasteiger partial charge >= 0.3 is 0 Å². The zero-order valence-electron chi connectivity index (χ0n) is 10.0. The van der Waals surface area contributed by atoms with Crippen LogP contribution in [0.3, 0.4) is 0 Å². The van der Waals surface area contributed by atoms with Gasteiger partial charge in [0.2, 0.25) is 0 Å². The molecule has 0 aromatic heterocycles. The molecule has 0 aliphatic heterocycles. The van der Waals surface area contributed by atoms with Gasteiger partial charge in [-0.05, 0) is 54.4 Å². The van der Waals surface area contributed by atoms with Gasteiger partial charge in [-0.2, -0.15) is 0 Å². The summed E-state index contributed by atoms with van der Waals surface area (Å²) in [6.07, 6.45) is 0. The van der Waals surface area contributed by atoms with E-state index in [0.29, 0.717) is 11.4 Å². The van der Waals surface area contributed by atoms with Crippen LogP contribution in [-0.4, -0.2) is 4.21 Å². The quantitative estimate of drug-likeness (QED) is 0.865. The monoisotopic (exact) mass is 263 g/mol. The fourth-order valence-electron chi connectivity index (χ4n) is 1.67. The Hall–Kier alpha value is -1.68. The lowest BCUT2D eigenvalue weighted by Crippen LogP contribution is -1.99. The van der Waals surface area contributed by atoms with Gasteiger partial charge in [0.05, 0.1) is 16.6 Å². The van der Waals surface area contributed by atoms with E-state index in [1.165, 1.54) is 12.1 Å². The molecule has 0 radical (unpaired) electrons. The molecule has 2 nitrogen and oxygen atoms in total.